The lowest BCUT2D eigenvalue weighted by atomic mass is 10.0. The second-order valence-corrected chi connectivity index (χ2v) is 10.8. The molecule has 3 atom stereocenters. The minimum absolute atomic E-state index is 0.117. The maximum absolute atomic E-state index is 14.1. The monoisotopic (exact) mass is 561 g/mol. The van der Waals surface area contributed by atoms with Crippen LogP contribution in [0.5, 0.6) is 17.2 Å². The Morgan fingerprint density at radius 2 is 1.67 bits per heavy atom. The number of fused-ring (bicyclic) bond motifs is 2. The molecule has 0 saturated heterocycles. The fourth-order valence-electron chi connectivity index (χ4n) is 4.37. The van der Waals surface area contributed by atoms with Crippen LogP contribution in [0.1, 0.15) is 13.3 Å². The van der Waals surface area contributed by atoms with Gasteiger partial charge in [0.2, 0.25) is 0 Å². The Hall–Kier alpha value is -3.90. The molecular formula is C27H26F3N3O5S. The van der Waals surface area contributed by atoms with Crippen molar-refractivity contribution in [3.05, 3.63) is 84.8 Å². The van der Waals surface area contributed by atoms with Gasteiger partial charge in [-0.15, -0.1) is 13.2 Å². The molecule has 1 unspecified atom stereocenters. The summed E-state index contributed by atoms with van der Waals surface area (Å²) in [6.07, 6.45) is -4.17. The van der Waals surface area contributed by atoms with Gasteiger partial charge in [-0.1, -0.05) is 31.2 Å². The number of rotatable bonds is 7. The van der Waals surface area contributed by atoms with Crippen molar-refractivity contribution in [3.8, 4) is 17.2 Å². The molecule has 8 nitrogen and oxygen atoms in total. The van der Waals surface area contributed by atoms with E-state index in [1.807, 2.05) is 60.4 Å². The van der Waals surface area contributed by atoms with Gasteiger partial charge in [0.15, 0.2) is 21.4 Å². The molecule has 2 aliphatic heterocycles. The molecule has 5 rings (SSSR count). The van der Waals surface area contributed by atoms with Gasteiger partial charge in [-0.25, -0.2) is 8.57 Å². The van der Waals surface area contributed by atoms with E-state index in [1.54, 1.807) is 0 Å². The molecule has 0 fully saturated rings. The van der Waals surface area contributed by atoms with Gasteiger partial charge < -0.3 is 24.2 Å². The second-order valence-electron chi connectivity index (χ2n) is 8.83. The highest BCUT2D eigenvalue weighted by atomic mass is 32.2. The molecule has 0 spiro atoms. The quantitative estimate of drug-likeness (QED) is 0.375. The molecule has 206 valence electrons. The Morgan fingerprint density at radius 3 is 2.26 bits per heavy atom. The van der Waals surface area contributed by atoms with Crippen LogP contribution in [0.4, 0.5) is 24.5 Å². The molecule has 0 bridgehead atoms. The van der Waals surface area contributed by atoms with Crippen LogP contribution in [0.2, 0.25) is 0 Å². The first-order valence-corrected chi connectivity index (χ1v) is 13.7. The molecular weight excluding hydrogens is 535 g/mol. The summed E-state index contributed by atoms with van der Waals surface area (Å²) in [5, 5.41) is 11.5. The van der Waals surface area contributed by atoms with E-state index in [1.165, 1.54) is 18.4 Å². The standard InChI is InChI=1S/C27H26F3N3O5S/c1-2-15-31-39(35,19-13-11-18(12-14-19)38-27(28,29)30)32-20-16-36-17-23(26(20)34)33-21-7-3-5-9-24(21)37-25-10-6-4-8-22(25)33/h3-14,16,23,26,34H,2,15,17H2,1H3,(H,31,32,35)/t23-,26+,39?/m0/s1. The van der Waals surface area contributed by atoms with E-state index in [0.29, 0.717) is 17.9 Å². The number of alkyl halides is 3. The number of aliphatic hydroxyl groups excluding tert-OH is 1. The average Bonchev–Trinajstić information content (AvgIpc) is 2.91. The number of hydrogen-bond donors (Lipinski definition) is 2. The average molecular weight is 562 g/mol. The number of ether oxygens (including phenoxy) is 3. The third-order valence-corrected chi connectivity index (χ3v) is 8.06. The van der Waals surface area contributed by atoms with Crippen molar-refractivity contribution < 1.29 is 36.7 Å². The Labute approximate surface area is 223 Å². The first kappa shape index (κ1) is 26.7. The van der Waals surface area contributed by atoms with Gasteiger partial charge in [-0.3, -0.25) is 4.72 Å². The Kier molecular flexibility index (Phi) is 7.32. The van der Waals surface area contributed by atoms with Crippen LogP contribution in [-0.4, -0.2) is 41.0 Å². The van der Waals surface area contributed by atoms with Gasteiger partial charge in [0.05, 0.1) is 28.5 Å². The van der Waals surface area contributed by atoms with Crippen LogP contribution in [-0.2, 0) is 14.7 Å². The van der Waals surface area contributed by atoms with Gasteiger partial charge in [-0.2, -0.15) is 0 Å². The van der Waals surface area contributed by atoms with E-state index in [-0.39, 0.29) is 23.7 Å². The minimum atomic E-state index is -4.85. The van der Waals surface area contributed by atoms with Crippen molar-refractivity contribution in [3.63, 3.8) is 0 Å². The Bertz CT molecular complexity index is 1440. The predicted molar refractivity (Wildman–Crippen MR) is 139 cm³/mol. The van der Waals surface area contributed by atoms with Gasteiger partial charge in [0, 0.05) is 0 Å². The molecule has 0 radical (unpaired) electrons. The van der Waals surface area contributed by atoms with Crippen molar-refractivity contribution in [2.45, 2.75) is 36.7 Å². The van der Waals surface area contributed by atoms with Crippen molar-refractivity contribution in [1.29, 1.82) is 0 Å². The first-order valence-electron chi connectivity index (χ1n) is 12.2. The fourth-order valence-corrected chi connectivity index (χ4v) is 6.13. The van der Waals surface area contributed by atoms with E-state index in [4.69, 9.17) is 9.47 Å². The SMILES string of the molecule is CCCN=S(=O)(NC1=COC[C@H](N2c3ccccc3Oc3ccccc32)[C@@H]1O)c1ccc(OC(F)(F)F)cc1. The van der Waals surface area contributed by atoms with Crippen LogP contribution in [0.3, 0.4) is 0 Å². The van der Waals surface area contributed by atoms with Crippen molar-refractivity contribution in [2.24, 2.45) is 4.36 Å². The molecule has 2 aliphatic rings. The number of hydrogen-bond acceptors (Lipinski definition) is 7. The van der Waals surface area contributed by atoms with Crippen molar-refractivity contribution in [2.75, 3.05) is 18.1 Å². The summed E-state index contributed by atoms with van der Waals surface area (Å²) < 4.78 is 74.7. The maximum Gasteiger partial charge on any atom is 0.573 e. The normalized spacial score (nSPS) is 19.8. The summed E-state index contributed by atoms with van der Waals surface area (Å²) in [6.45, 7) is 2.18. The number of nitrogens with one attached hydrogen (secondary N) is 1. The number of halogens is 3. The third-order valence-electron chi connectivity index (χ3n) is 6.09. The molecule has 3 aromatic carbocycles. The van der Waals surface area contributed by atoms with Gasteiger partial charge in [0.25, 0.3) is 0 Å². The predicted octanol–water partition coefficient (Wildman–Crippen LogP) is 5.87. The van der Waals surface area contributed by atoms with Gasteiger partial charge in [-0.05, 0) is 55.0 Å². The van der Waals surface area contributed by atoms with Gasteiger partial charge in [0.1, 0.15) is 30.8 Å². The van der Waals surface area contributed by atoms with E-state index >= 15 is 0 Å². The molecule has 12 heteroatoms. The lowest BCUT2D eigenvalue weighted by molar-refractivity contribution is -0.274. The minimum Gasteiger partial charge on any atom is -0.497 e. The highest BCUT2D eigenvalue weighted by Gasteiger charge is 2.39. The van der Waals surface area contributed by atoms with Crippen LogP contribution in [0, 0.1) is 0 Å². The molecule has 0 amide bonds. The van der Waals surface area contributed by atoms with Crippen LogP contribution in [0.15, 0.2) is 94.0 Å². The van der Waals surface area contributed by atoms with Crippen molar-refractivity contribution >= 4 is 21.3 Å². The topological polar surface area (TPSA) is 92.6 Å². The zero-order chi connectivity index (χ0) is 27.6. The Morgan fingerprint density at radius 1 is 1.05 bits per heavy atom. The summed E-state index contributed by atoms with van der Waals surface area (Å²) in [7, 11) is -3.41. The van der Waals surface area contributed by atoms with E-state index < -0.39 is 34.2 Å². The first-order chi connectivity index (χ1) is 18.7. The summed E-state index contributed by atoms with van der Waals surface area (Å²) >= 11 is 0. The fraction of sp³-hybridized carbons (Fsp3) is 0.259. The van der Waals surface area contributed by atoms with Crippen LogP contribution >= 0.6 is 0 Å². The lowest BCUT2D eigenvalue weighted by Crippen LogP contribution is -2.50. The van der Waals surface area contributed by atoms with Gasteiger partial charge >= 0.3 is 6.36 Å². The summed E-state index contributed by atoms with van der Waals surface area (Å²) in [5.41, 5.74) is 1.57. The summed E-state index contributed by atoms with van der Waals surface area (Å²) in [4.78, 5) is 2.05. The third kappa shape index (κ3) is 5.62. The van der Waals surface area contributed by atoms with Crippen LogP contribution in [0.25, 0.3) is 0 Å². The molecule has 0 aliphatic carbocycles. The highest BCUT2D eigenvalue weighted by molar-refractivity contribution is 7.91. The zero-order valence-corrected chi connectivity index (χ0v) is 21.6. The molecule has 2 heterocycles. The van der Waals surface area contributed by atoms with E-state index in [0.717, 1.165) is 23.5 Å². The largest absolute Gasteiger partial charge is 0.573 e. The number of anilines is 2. The van der Waals surface area contributed by atoms with Crippen molar-refractivity contribution in [1.82, 2.24) is 4.72 Å². The Balaban J connectivity index is 1.46. The molecule has 3 aromatic rings. The molecule has 39 heavy (non-hydrogen) atoms. The summed E-state index contributed by atoms with van der Waals surface area (Å²) in [5.74, 6) is 0.763. The lowest BCUT2D eigenvalue weighted by Gasteiger charge is -2.42. The second kappa shape index (κ2) is 10.7. The summed E-state index contributed by atoms with van der Waals surface area (Å²) in [6, 6.07) is 18.8. The smallest absolute Gasteiger partial charge is 0.497 e. The van der Waals surface area contributed by atoms with E-state index in [9.17, 15) is 22.5 Å². The highest BCUT2D eigenvalue weighted by Crippen LogP contribution is 2.48. The molecule has 0 aromatic heterocycles. The van der Waals surface area contributed by atoms with Crippen LogP contribution < -0.4 is 19.1 Å². The molecule has 2 N–H and O–H groups in total. The van der Waals surface area contributed by atoms with E-state index in [2.05, 4.69) is 13.8 Å². The number of nitrogens with zero attached hydrogens (tertiary/aromatic N) is 2. The number of para-hydroxylation sites is 4. The number of benzene rings is 3. The number of aliphatic hydroxyl groups is 1. The molecule has 0 saturated carbocycles. The maximum atomic E-state index is 14.1. The zero-order valence-electron chi connectivity index (χ0n) is 20.8.